The van der Waals surface area contributed by atoms with E-state index in [1.807, 2.05) is 0 Å². The zero-order valence-corrected chi connectivity index (χ0v) is 10.9. The Balaban J connectivity index is 2.38. The van der Waals surface area contributed by atoms with E-state index in [1.54, 1.807) is 4.90 Å². The summed E-state index contributed by atoms with van der Waals surface area (Å²) in [6.45, 7) is 0.127. The number of carbonyl (C=O) groups excluding carboxylic acids is 1. The Morgan fingerprint density at radius 2 is 2.10 bits per heavy atom. The van der Waals surface area contributed by atoms with Crippen LogP contribution in [0.3, 0.4) is 0 Å². The molecule has 2 rings (SSSR count). The molecule has 1 aromatic carbocycles. The number of hydrogen-bond acceptors (Lipinski definition) is 2. The molecule has 1 heterocycles. The molecule has 6 heteroatoms. The van der Waals surface area contributed by atoms with Crippen LogP contribution >= 0.6 is 0 Å². The molecule has 1 aromatic rings. The summed E-state index contributed by atoms with van der Waals surface area (Å²) in [5.41, 5.74) is 0.0598. The van der Waals surface area contributed by atoms with E-state index in [0.717, 1.165) is 31.4 Å². The topological polar surface area (TPSA) is 40.5 Å². The van der Waals surface area contributed by atoms with Gasteiger partial charge in [-0.3, -0.25) is 4.79 Å². The van der Waals surface area contributed by atoms with E-state index >= 15 is 0 Å². The van der Waals surface area contributed by atoms with Crippen LogP contribution < -0.4 is 0 Å². The highest BCUT2D eigenvalue weighted by Crippen LogP contribution is 2.36. The van der Waals surface area contributed by atoms with Crippen LogP contribution in [0.25, 0.3) is 0 Å². The summed E-state index contributed by atoms with van der Waals surface area (Å²) in [5.74, 6) is 0. The zero-order chi connectivity index (χ0) is 14.8. The Kier molecular flexibility index (Phi) is 4.32. The minimum atomic E-state index is -4.43. The number of benzene rings is 1. The molecule has 0 unspecified atom stereocenters. The molecular formula is C14H16F3NO2. The van der Waals surface area contributed by atoms with Gasteiger partial charge in [-0.2, -0.15) is 13.2 Å². The van der Waals surface area contributed by atoms with Crippen molar-refractivity contribution in [3.63, 3.8) is 0 Å². The second kappa shape index (κ2) is 5.83. The van der Waals surface area contributed by atoms with Crippen LogP contribution in [0.2, 0.25) is 0 Å². The number of alkyl halides is 3. The maximum atomic E-state index is 12.7. The Morgan fingerprint density at radius 3 is 2.70 bits per heavy atom. The van der Waals surface area contributed by atoms with Gasteiger partial charge >= 0.3 is 6.18 Å². The first kappa shape index (κ1) is 14.8. The minimum Gasteiger partial charge on any atom is -0.392 e. The van der Waals surface area contributed by atoms with Crippen LogP contribution in [0.1, 0.15) is 42.0 Å². The first-order valence-corrected chi connectivity index (χ1v) is 6.49. The highest BCUT2D eigenvalue weighted by atomic mass is 19.4. The molecule has 0 radical (unpaired) electrons. The predicted octanol–water partition coefficient (Wildman–Crippen LogP) is 2.88. The van der Waals surface area contributed by atoms with Crippen molar-refractivity contribution in [3.05, 3.63) is 34.9 Å². The van der Waals surface area contributed by atoms with E-state index in [9.17, 15) is 23.1 Å². The molecule has 20 heavy (non-hydrogen) atoms. The van der Waals surface area contributed by atoms with Crippen molar-refractivity contribution in [2.45, 2.75) is 38.1 Å². The first-order chi connectivity index (χ1) is 9.47. The molecule has 0 aliphatic carbocycles. The van der Waals surface area contributed by atoms with E-state index in [-0.39, 0.29) is 11.6 Å². The Morgan fingerprint density at radius 1 is 1.35 bits per heavy atom. The van der Waals surface area contributed by atoms with Crippen molar-refractivity contribution in [3.8, 4) is 0 Å². The Bertz CT molecular complexity index is 488. The lowest BCUT2D eigenvalue weighted by atomic mass is 9.91. The number of carbonyl (C=O) groups is 1. The third-order valence-corrected chi connectivity index (χ3v) is 3.68. The van der Waals surface area contributed by atoms with Gasteiger partial charge in [-0.1, -0.05) is 6.07 Å². The summed E-state index contributed by atoms with van der Waals surface area (Å²) in [6.07, 6.45) is -1.19. The summed E-state index contributed by atoms with van der Waals surface area (Å²) in [6, 6.07) is 3.10. The highest BCUT2D eigenvalue weighted by molar-refractivity contribution is 5.50. The van der Waals surface area contributed by atoms with Crippen LogP contribution in [-0.2, 0) is 17.6 Å². The van der Waals surface area contributed by atoms with Crippen molar-refractivity contribution in [1.29, 1.82) is 0 Å². The normalized spacial score (nSPS) is 20.0. The third-order valence-electron chi connectivity index (χ3n) is 3.68. The van der Waals surface area contributed by atoms with Crippen molar-refractivity contribution in [2.24, 2.45) is 0 Å². The first-order valence-electron chi connectivity index (χ1n) is 6.49. The van der Waals surface area contributed by atoms with E-state index < -0.39 is 18.3 Å². The molecule has 0 saturated carbocycles. The molecule has 0 bridgehead atoms. The average molecular weight is 287 g/mol. The van der Waals surface area contributed by atoms with Gasteiger partial charge in [0.1, 0.15) is 0 Å². The summed E-state index contributed by atoms with van der Waals surface area (Å²) < 4.78 is 38.0. The van der Waals surface area contributed by atoms with Crippen LogP contribution in [0, 0.1) is 0 Å². The molecule has 1 atom stereocenters. The van der Waals surface area contributed by atoms with Gasteiger partial charge in [0.15, 0.2) is 0 Å². The number of likely N-dealkylation sites (tertiary alicyclic amines) is 1. The van der Waals surface area contributed by atoms with Gasteiger partial charge in [0.05, 0.1) is 18.2 Å². The van der Waals surface area contributed by atoms with Gasteiger partial charge in [0.25, 0.3) is 0 Å². The van der Waals surface area contributed by atoms with Crippen LogP contribution in [0.15, 0.2) is 18.2 Å². The van der Waals surface area contributed by atoms with Gasteiger partial charge < -0.3 is 10.0 Å². The van der Waals surface area contributed by atoms with E-state index in [2.05, 4.69) is 0 Å². The van der Waals surface area contributed by atoms with Gasteiger partial charge in [-0.15, -0.1) is 0 Å². The maximum absolute atomic E-state index is 12.7. The summed E-state index contributed by atoms with van der Waals surface area (Å²) in [7, 11) is 0. The molecule has 1 N–H and O–H groups in total. The van der Waals surface area contributed by atoms with Crippen LogP contribution in [-0.4, -0.2) is 23.0 Å². The Hall–Kier alpha value is -1.56. The number of amides is 1. The molecule has 0 aromatic heterocycles. The second-order valence-electron chi connectivity index (χ2n) is 4.92. The molecule has 1 saturated heterocycles. The Labute approximate surface area is 115 Å². The number of rotatable bonds is 3. The lowest BCUT2D eigenvalue weighted by Crippen LogP contribution is -2.32. The summed E-state index contributed by atoms with van der Waals surface area (Å²) >= 11 is 0. The zero-order valence-electron chi connectivity index (χ0n) is 10.9. The van der Waals surface area contributed by atoms with E-state index in [0.29, 0.717) is 18.5 Å². The second-order valence-corrected chi connectivity index (χ2v) is 4.92. The van der Waals surface area contributed by atoms with E-state index in [1.165, 1.54) is 6.07 Å². The minimum absolute atomic E-state index is 0.235. The molecule has 110 valence electrons. The highest BCUT2D eigenvalue weighted by Gasteiger charge is 2.32. The van der Waals surface area contributed by atoms with Gasteiger partial charge in [0, 0.05) is 6.54 Å². The lowest BCUT2D eigenvalue weighted by Gasteiger charge is -2.34. The third kappa shape index (κ3) is 2.95. The average Bonchev–Trinajstić information content (AvgIpc) is 2.45. The number of piperidine rings is 1. The molecule has 1 aliphatic rings. The summed E-state index contributed by atoms with van der Waals surface area (Å²) in [5, 5.41) is 9.32. The predicted molar refractivity (Wildman–Crippen MR) is 66.7 cm³/mol. The van der Waals surface area contributed by atoms with Gasteiger partial charge in [-0.05, 0) is 42.5 Å². The number of hydrogen-bond donors (Lipinski definition) is 1. The fourth-order valence-corrected chi connectivity index (χ4v) is 2.66. The summed E-state index contributed by atoms with van der Waals surface area (Å²) in [4.78, 5) is 12.6. The van der Waals surface area contributed by atoms with Crippen molar-refractivity contribution >= 4 is 6.41 Å². The number of nitrogens with zero attached hydrogens (tertiary/aromatic N) is 1. The largest absolute Gasteiger partial charge is 0.416 e. The molecule has 1 aliphatic heterocycles. The fourth-order valence-electron chi connectivity index (χ4n) is 2.66. The lowest BCUT2D eigenvalue weighted by molar-refractivity contribution is -0.137. The van der Waals surface area contributed by atoms with Crippen molar-refractivity contribution < 1.29 is 23.1 Å². The number of aliphatic hydroxyl groups is 1. The molecule has 1 fully saturated rings. The van der Waals surface area contributed by atoms with Crippen molar-refractivity contribution in [1.82, 2.24) is 4.90 Å². The molecular weight excluding hydrogens is 271 g/mol. The molecule has 3 nitrogen and oxygen atoms in total. The van der Waals surface area contributed by atoms with E-state index in [4.69, 9.17) is 0 Å². The van der Waals surface area contributed by atoms with Crippen molar-refractivity contribution in [2.75, 3.05) is 6.54 Å². The quantitative estimate of drug-likeness (QED) is 0.868. The smallest absolute Gasteiger partial charge is 0.392 e. The number of aliphatic hydroxyl groups excluding tert-OH is 1. The SMILES string of the molecule is O=CN1CCCC[C@@H]1c1ccc(C(F)(F)F)cc1CO. The molecule has 1 amide bonds. The van der Waals surface area contributed by atoms with Crippen LogP contribution in [0.5, 0.6) is 0 Å². The maximum Gasteiger partial charge on any atom is 0.416 e. The fraction of sp³-hybridized carbons (Fsp3) is 0.500. The van der Waals surface area contributed by atoms with Gasteiger partial charge in [-0.25, -0.2) is 0 Å². The van der Waals surface area contributed by atoms with Crippen LogP contribution in [0.4, 0.5) is 13.2 Å². The standard InChI is InChI=1S/C14H16F3NO2/c15-14(16,17)11-4-5-12(10(7-11)8-19)13-3-1-2-6-18(13)9-20/h4-5,7,9,13,19H,1-3,6,8H2/t13-/m1/s1. The monoisotopic (exact) mass is 287 g/mol. The number of halogens is 3. The molecule has 0 spiro atoms. The van der Waals surface area contributed by atoms with Gasteiger partial charge in [0.2, 0.25) is 6.41 Å².